The molecule has 1 N–H and O–H groups in total. The SMILES string of the molecule is CCCNC(CN1CCCCCCC1=O)C1CCCCC1. The molecule has 0 radical (unpaired) electrons. The van der Waals surface area contributed by atoms with Crippen LogP contribution in [-0.4, -0.2) is 36.5 Å². The summed E-state index contributed by atoms with van der Waals surface area (Å²) in [6.07, 6.45) is 13.6. The fraction of sp³-hybridized carbons (Fsp3) is 0.944. The molecule has 0 bridgehead atoms. The lowest BCUT2D eigenvalue weighted by atomic mass is 9.83. The normalized spacial score (nSPS) is 23.7. The predicted molar refractivity (Wildman–Crippen MR) is 88.3 cm³/mol. The van der Waals surface area contributed by atoms with Gasteiger partial charge in [-0.2, -0.15) is 0 Å². The lowest BCUT2D eigenvalue weighted by Crippen LogP contribution is -2.48. The minimum atomic E-state index is 0.397. The van der Waals surface area contributed by atoms with E-state index in [4.69, 9.17) is 0 Å². The van der Waals surface area contributed by atoms with Crippen molar-refractivity contribution in [3.63, 3.8) is 0 Å². The maximum atomic E-state index is 12.4. The fourth-order valence-corrected chi connectivity index (χ4v) is 3.89. The molecule has 1 saturated carbocycles. The molecule has 1 aliphatic heterocycles. The molecule has 0 aromatic heterocycles. The third-order valence-corrected chi connectivity index (χ3v) is 5.21. The molecule has 1 unspecified atom stereocenters. The molecule has 122 valence electrons. The molecule has 1 amide bonds. The first-order valence-electron chi connectivity index (χ1n) is 9.32. The van der Waals surface area contributed by atoms with Gasteiger partial charge in [0.1, 0.15) is 0 Å². The van der Waals surface area contributed by atoms with Crippen molar-refractivity contribution in [1.29, 1.82) is 0 Å². The van der Waals surface area contributed by atoms with Gasteiger partial charge in [-0.3, -0.25) is 4.79 Å². The van der Waals surface area contributed by atoms with E-state index in [1.807, 2.05) is 0 Å². The summed E-state index contributed by atoms with van der Waals surface area (Å²) in [5.41, 5.74) is 0. The van der Waals surface area contributed by atoms with Gasteiger partial charge in [-0.15, -0.1) is 0 Å². The van der Waals surface area contributed by atoms with Crippen LogP contribution in [0, 0.1) is 5.92 Å². The summed E-state index contributed by atoms with van der Waals surface area (Å²) in [6.45, 7) is 5.24. The molecule has 1 heterocycles. The topological polar surface area (TPSA) is 32.3 Å². The van der Waals surface area contributed by atoms with Crippen molar-refractivity contribution in [3.05, 3.63) is 0 Å². The Morgan fingerprint density at radius 1 is 1.10 bits per heavy atom. The van der Waals surface area contributed by atoms with Gasteiger partial charge in [0.15, 0.2) is 0 Å². The van der Waals surface area contributed by atoms with Crippen LogP contribution >= 0.6 is 0 Å². The van der Waals surface area contributed by atoms with Crippen LogP contribution in [0.1, 0.15) is 77.6 Å². The average Bonchev–Trinajstić information content (AvgIpc) is 2.51. The summed E-state index contributed by atoms with van der Waals surface area (Å²) in [5.74, 6) is 1.18. The van der Waals surface area contributed by atoms with Crippen molar-refractivity contribution in [1.82, 2.24) is 10.2 Å². The highest BCUT2D eigenvalue weighted by molar-refractivity contribution is 5.76. The second-order valence-electron chi connectivity index (χ2n) is 6.96. The highest BCUT2D eigenvalue weighted by Gasteiger charge is 2.27. The Kier molecular flexibility index (Phi) is 7.56. The van der Waals surface area contributed by atoms with Crippen molar-refractivity contribution in [2.24, 2.45) is 5.92 Å². The molecule has 21 heavy (non-hydrogen) atoms. The molecular weight excluding hydrogens is 260 g/mol. The van der Waals surface area contributed by atoms with Crippen molar-refractivity contribution < 1.29 is 4.79 Å². The third-order valence-electron chi connectivity index (χ3n) is 5.21. The van der Waals surface area contributed by atoms with Gasteiger partial charge in [0.05, 0.1) is 0 Å². The molecule has 2 rings (SSSR count). The van der Waals surface area contributed by atoms with Crippen LogP contribution in [0.3, 0.4) is 0 Å². The maximum Gasteiger partial charge on any atom is 0.222 e. The predicted octanol–water partition coefficient (Wildman–Crippen LogP) is 3.73. The summed E-state index contributed by atoms with van der Waals surface area (Å²) in [4.78, 5) is 14.5. The standard InChI is InChI=1S/C18H34N2O/c1-2-13-19-17(16-10-6-5-7-11-16)15-20-14-9-4-3-8-12-18(20)21/h16-17,19H,2-15H2,1H3. The Bertz CT molecular complexity index is 300. The second-order valence-corrected chi connectivity index (χ2v) is 6.96. The number of amides is 1. The summed E-state index contributed by atoms with van der Waals surface area (Å²) >= 11 is 0. The zero-order valence-corrected chi connectivity index (χ0v) is 13.9. The van der Waals surface area contributed by atoms with Crippen molar-refractivity contribution in [2.45, 2.75) is 83.6 Å². The van der Waals surface area contributed by atoms with Crippen molar-refractivity contribution in [3.8, 4) is 0 Å². The zero-order valence-electron chi connectivity index (χ0n) is 13.9. The van der Waals surface area contributed by atoms with Crippen LogP contribution in [-0.2, 0) is 4.79 Å². The number of carbonyl (C=O) groups is 1. The van der Waals surface area contributed by atoms with E-state index >= 15 is 0 Å². The van der Waals surface area contributed by atoms with E-state index < -0.39 is 0 Å². The van der Waals surface area contributed by atoms with Gasteiger partial charge in [-0.05, 0) is 44.6 Å². The van der Waals surface area contributed by atoms with Crippen LogP contribution in [0.5, 0.6) is 0 Å². The monoisotopic (exact) mass is 294 g/mol. The van der Waals surface area contributed by atoms with E-state index in [1.165, 1.54) is 57.8 Å². The number of hydrogen-bond donors (Lipinski definition) is 1. The van der Waals surface area contributed by atoms with E-state index in [0.29, 0.717) is 11.9 Å². The molecule has 1 saturated heterocycles. The molecule has 2 fully saturated rings. The quantitative estimate of drug-likeness (QED) is 0.809. The molecule has 3 nitrogen and oxygen atoms in total. The van der Waals surface area contributed by atoms with Gasteiger partial charge < -0.3 is 10.2 Å². The van der Waals surface area contributed by atoms with Crippen molar-refractivity contribution in [2.75, 3.05) is 19.6 Å². The second kappa shape index (κ2) is 9.45. The summed E-state index contributed by atoms with van der Waals surface area (Å²) < 4.78 is 0. The Labute approximate surface area is 130 Å². The van der Waals surface area contributed by atoms with Gasteiger partial charge in [-0.1, -0.05) is 39.0 Å². The van der Waals surface area contributed by atoms with E-state index in [1.54, 1.807) is 0 Å². The first-order chi connectivity index (χ1) is 10.3. The number of carbonyl (C=O) groups excluding carboxylic acids is 1. The van der Waals surface area contributed by atoms with E-state index in [9.17, 15) is 4.79 Å². The smallest absolute Gasteiger partial charge is 0.222 e. The highest BCUT2D eigenvalue weighted by Crippen LogP contribution is 2.27. The maximum absolute atomic E-state index is 12.4. The summed E-state index contributed by atoms with van der Waals surface area (Å²) in [6, 6.07) is 0.522. The molecule has 3 heteroatoms. The summed E-state index contributed by atoms with van der Waals surface area (Å²) in [7, 11) is 0. The molecule has 0 aromatic carbocycles. The molecule has 0 spiro atoms. The number of likely N-dealkylation sites (tertiary alicyclic amines) is 1. The van der Waals surface area contributed by atoms with Crippen LogP contribution < -0.4 is 5.32 Å². The van der Waals surface area contributed by atoms with E-state index in [0.717, 1.165) is 38.4 Å². The molecular formula is C18H34N2O. The third kappa shape index (κ3) is 5.61. The number of rotatable bonds is 6. The fourth-order valence-electron chi connectivity index (χ4n) is 3.89. The van der Waals surface area contributed by atoms with Crippen LogP contribution in [0.4, 0.5) is 0 Å². The minimum Gasteiger partial charge on any atom is -0.341 e. The Morgan fingerprint density at radius 2 is 1.81 bits per heavy atom. The van der Waals surface area contributed by atoms with E-state index in [-0.39, 0.29) is 0 Å². The average molecular weight is 294 g/mol. The zero-order chi connectivity index (χ0) is 14.9. The Balaban J connectivity index is 1.92. The highest BCUT2D eigenvalue weighted by atomic mass is 16.2. The first-order valence-corrected chi connectivity index (χ1v) is 9.32. The molecule has 1 atom stereocenters. The lowest BCUT2D eigenvalue weighted by Gasteiger charge is -2.36. The van der Waals surface area contributed by atoms with Crippen LogP contribution in [0.25, 0.3) is 0 Å². The van der Waals surface area contributed by atoms with Crippen LogP contribution in [0.2, 0.25) is 0 Å². The minimum absolute atomic E-state index is 0.397. The summed E-state index contributed by atoms with van der Waals surface area (Å²) in [5, 5.41) is 3.75. The van der Waals surface area contributed by atoms with Gasteiger partial charge in [-0.25, -0.2) is 0 Å². The molecule has 0 aromatic rings. The molecule has 1 aliphatic carbocycles. The Morgan fingerprint density at radius 3 is 2.57 bits per heavy atom. The first kappa shape index (κ1) is 16.8. The number of nitrogens with one attached hydrogen (secondary N) is 1. The number of nitrogens with zero attached hydrogens (tertiary/aromatic N) is 1. The van der Waals surface area contributed by atoms with Gasteiger partial charge in [0.2, 0.25) is 5.91 Å². The van der Waals surface area contributed by atoms with Gasteiger partial charge in [0.25, 0.3) is 0 Å². The van der Waals surface area contributed by atoms with Crippen molar-refractivity contribution >= 4 is 5.91 Å². The lowest BCUT2D eigenvalue weighted by molar-refractivity contribution is -0.132. The number of hydrogen-bond acceptors (Lipinski definition) is 2. The van der Waals surface area contributed by atoms with Gasteiger partial charge >= 0.3 is 0 Å². The van der Waals surface area contributed by atoms with Gasteiger partial charge in [0, 0.05) is 25.6 Å². The van der Waals surface area contributed by atoms with Crippen LogP contribution in [0.15, 0.2) is 0 Å². The Hall–Kier alpha value is -0.570. The molecule has 2 aliphatic rings. The van der Waals surface area contributed by atoms with E-state index in [2.05, 4.69) is 17.1 Å². The largest absolute Gasteiger partial charge is 0.341 e.